The molecule has 21 heavy (non-hydrogen) atoms. The Morgan fingerprint density at radius 1 is 1.33 bits per heavy atom. The molecule has 1 aromatic carbocycles. The van der Waals surface area contributed by atoms with Crippen LogP contribution in [0.15, 0.2) is 17.0 Å². The molecule has 5 nitrogen and oxygen atoms in total. The Hall–Kier alpha value is -0.820. The average Bonchev–Trinajstić information content (AvgIpc) is 3.16. The molecule has 1 aliphatic carbocycles. The zero-order chi connectivity index (χ0) is 15.8. The molecular formula is C13H15Cl2NO4S. The van der Waals surface area contributed by atoms with Crippen molar-refractivity contribution in [3.63, 3.8) is 0 Å². The molecule has 116 valence electrons. The molecule has 0 unspecified atom stereocenters. The molecule has 1 fully saturated rings. The highest BCUT2D eigenvalue weighted by molar-refractivity contribution is 7.89. The molecule has 1 aromatic rings. The molecule has 8 heteroatoms. The van der Waals surface area contributed by atoms with Gasteiger partial charge >= 0.3 is 5.97 Å². The van der Waals surface area contributed by atoms with Crippen LogP contribution in [0.2, 0.25) is 10.0 Å². The number of benzene rings is 1. The van der Waals surface area contributed by atoms with Gasteiger partial charge < -0.3 is 5.11 Å². The summed E-state index contributed by atoms with van der Waals surface area (Å²) < 4.78 is 27.1. The second-order valence-electron chi connectivity index (χ2n) is 5.25. The van der Waals surface area contributed by atoms with E-state index in [2.05, 4.69) is 4.72 Å². The van der Waals surface area contributed by atoms with Crippen LogP contribution < -0.4 is 4.72 Å². The van der Waals surface area contributed by atoms with Crippen molar-refractivity contribution in [3.8, 4) is 0 Å². The summed E-state index contributed by atoms with van der Waals surface area (Å²) >= 11 is 11.6. The number of hydrogen-bond acceptors (Lipinski definition) is 3. The van der Waals surface area contributed by atoms with Crippen molar-refractivity contribution >= 4 is 39.2 Å². The van der Waals surface area contributed by atoms with Gasteiger partial charge in [0, 0.05) is 6.54 Å². The van der Waals surface area contributed by atoms with E-state index < -0.39 is 16.0 Å². The number of rotatable bonds is 6. The first-order chi connectivity index (χ1) is 9.71. The molecule has 1 saturated carbocycles. The van der Waals surface area contributed by atoms with Gasteiger partial charge in [0.1, 0.15) is 4.90 Å². The van der Waals surface area contributed by atoms with E-state index in [9.17, 15) is 13.2 Å². The summed E-state index contributed by atoms with van der Waals surface area (Å²) in [6.07, 6.45) is 2.87. The van der Waals surface area contributed by atoms with E-state index in [4.69, 9.17) is 28.3 Å². The molecule has 0 saturated heterocycles. The van der Waals surface area contributed by atoms with Crippen molar-refractivity contribution in [2.45, 2.75) is 31.1 Å². The fourth-order valence-corrected chi connectivity index (χ4v) is 4.07. The Bertz CT molecular complexity index is 684. The van der Waals surface area contributed by atoms with Crippen molar-refractivity contribution < 1.29 is 18.3 Å². The summed E-state index contributed by atoms with van der Waals surface area (Å²) in [6.45, 7) is 2.34. The van der Waals surface area contributed by atoms with E-state index in [1.165, 1.54) is 0 Å². The standard InChI is InChI=1S/C13H15Cl2NO4S/c1-2-13(3-4-13)7-16-21(19,20)11-5-8(12(17)18)9(14)6-10(11)15/h5-6,16H,2-4,7H2,1H3,(H,17,18). The lowest BCUT2D eigenvalue weighted by Crippen LogP contribution is -2.30. The molecule has 2 rings (SSSR count). The van der Waals surface area contributed by atoms with Gasteiger partial charge in [0.2, 0.25) is 10.0 Å². The summed E-state index contributed by atoms with van der Waals surface area (Å²) in [7, 11) is -3.87. The molecule has 0 aromatic heterocycles. The molecule has 0 radical (unpaired) electrons. The van der Waals surface area contributed by atoms with Crippen LogP contribution in [0.3, 0.4) is 0 Å². The third-order valence-electron chi connectivity index (χ3n) is 3.89. The lowest BCUT2D eigenvalue weighted by molar-refractivity contribution is 0.0697. The van der Waals surface area contributed by atoms with Crippen LogP contribution in [0.1, 0.15) is 36.5 Å². The van der Waals surface area contributed by atoms with Crippen molar-refractivity contribution in [1.82, 2.24) is 4.72 Å². The first-order valence-electron chi connectivity index (χ1n) is 6.43. The van der Waals surface area contributed by atoms with E-state index in [0.29, 0.717) is 6.54 Å². The molecule has 0 heterocycles. The number of aromatic carboxylic acids is 1. The van der Waals surface area contributed by atoms with E-state index in [0.717, 1.165) is 31.4 Å². The maximum Gasteiger partial charge on any atom is 0.337 e. The van der Waals surface area contributed by atoms with Crippen LogP contribution in [0.5, 0.6) is 0 Å². The SMILES string of the molecule is CCC1(CNS(=O)(=O)c2cc(C(=O)O)c(Cl)cc2Cl)CC1. The van der Waals surface area contributed by atoms with Crippen LogP contribution in [0.25, 0.3) is 0 Å². The monoisotopic (exact) mass is 351 g/mol. The summed E-state index contributed by atoms with van der Waals surface area (Å²) in [4.78, 5) is 10.8. The Balaban J connectivity index is 2.31. The second kappa shape index (κ2) is 5.76. The van der Waals surface area contributed by atoms with Gasteiger partial charge in [-0.25, -0.2) is 17.9 Å². The van der Waals surface area contributed by atoms with E-state index in [1.807, 2.05) is 6.92 Å². The third-order valence-corrected chi connectivity index (χ3v) is 6.06. The van der Waals surface area contributed by atoms with Crippen molar-refractivity contribution in [2.24, 2.45) is 5.41 Å². The lowest BCUT2D eigenvalue weighted by Gasteiger charge is -2.15. The van der Waals surface area contributed by atoms with Crippen molar-refractivity contribution in [2.75, 3.05) is 6.54 Å². The van der Waals surface area contributed by atoms with Crippen LogP contribution in [0, 0.1) is 5.41 Å². The Labute approximate surface area is 133 Å². The van der Waals surface area contributed by atoms with Gasteiger partial charge in [-0.3, -0.25) is 0 Å². The van der Waals surface area contributed by atoms with Crippen molar-refractivity contribution in [1.29, 1.82) is 0 Å². The fourth-order valence-electron chi connectivity index (χ4n) is 2.06. The van der Waals surface area contributed by atoms with Gasteiger partial charge in [0.25, 0.3) is 0 Å². The number of nitrogens with one attached hydrogen (secondary N) is 1. The number of sulfonamides is 1. The summed E-state index contributed by atoms with van der Waals surface area (Å²) in [5.74, 6) is -1.31. The average molecular weight is 352 g/mol. The minimum absolute atomic E-state index is 0.0294. The van der Waals surface area contributed by atoms with Crippen LogP contribution in [0.4, 0.5) is 0 Å². The maximum absolute atomic E-state index is 12.3. The highest BCUT2D eigenvalue weighted by Gasteiger charge is 2.41. The van der Waals surface area contributed by atoms with E-state index in [1.54, 1.807) is 0 Å². The predicted molar refractivity (Wildman–Crippen MR) is 80.6 cm³/mol. The van der Waals surface area contributed by atoms with E-state index >= 15 is 0 Å². The fraction of sp³-hybridized carbons (Fsp3) is 0.462. The molecule has 0 atom stereocenters. The quantitative estimate of drug-likeness (QED) is 0.824. The molecule has 0 bridgehead atoms. The molecule has 2 N–H and O–H groups in total. The Morgan fingerprint density at radius 2 is 1.95 bits per heavy atom. The smallest absolute Gasteiger partial charge is 0.337 e. The topological polar surface area (TPSA) is 83.5 Å². The summed E-state index contributed by atoms with van der Waals surface area (Å²) in [5.41, 5.74) is -0.264. The third kappa shape index (κ3) is 3.51. The lowest BCUT2D eigenvalue weighted by atomic mass is 10.1. The normalized spacial score (nSPS) is 16.7. The Kier molecular flexibility index (Phi) is 4.54. The van der Waals surface area contributed by atoms with Gasteiger partial charge in [-0.1, -0.05) is 30.1 Å². The zero-order valence-electron chi connectivity index (χ0n) is 11.3. The molecule has 1 aliphatic rings. The first kappa shape index (κ1) is 16.5. The predicted octanol–water partition coefficient (Wildman–Crippen LogP) is 3.16. The molecular weight excluding hydrogens is 337 g/mol. The van der Waals surface area contributed by atoms with Crippen molar-refractivity contribution in [3.05, 3.63) is 27.7 Å². The zero-order valence-corrected chi connectivity index (χ0v) is 13.6. The van der Waals surface area contributed by atoms with Gasteiger partial charge in [0.05, 0.1) is 15.6 Å². The highest BCUT2D eigenvalue weighted by atomic mass is 35.5. The number of halogens is 2. The van der Waals surface area contributed by atoms with Crippen LogP contribution in [-0.4, -0.2) is 26.0 Å². The number of carboxylic acid groups (broad SMARTS) is 1. The van der Waals surface area contributed by atoms with Crippen LogP contribution >= 0.6 is 23.2 Å². The minimum Gasteiger partial charge on any atom is -0.478 e. The number of carboxylic acids is 1. The highest BCUT2D eigenvalue weighted by Crippen LogP contribution is 2.48. The molecule has 0 amide bonds. The number of carbonyl (C=O) groups is 1. The maximum atomic E-state index is 12.3. The Morgan fingerprint density at radius 3 is 2.43 bits per heavy atom. The molecule has 0 spiro atoms. The van der Waals surface area contributed by atoms with Gasteiger partial charge in [-0.05, 0) is 36.8 Å². The van der Waals surface area contributed by atoms with E-state index in [-0.39, 0.29) is 25.9 Å². The minimum atomic E-state index is -3.87. The summed E-state index contributed by atoms with van der Waals surface area (Å²) in [6, 6.07) is 2.12. The number of hydrogen-bond donors (Lipinski definition) is 2. The second-order valence-corrected chi connectivity index (χ2v) is 7.80. The summed E-state index contributed by atoms with van der Waals surface area (Å²) in [5, 5.41) is 8.81. The van der Waals surface area contributed by atoms with Gasteiger partial charge in [-0.2, -0.15) is 0 Å². The van der Waals surface area contributed by atoms with Gasteiger partial charge in [0.15, 0.2) is 0 Å². The molecule has 0 aliphatic heterocycles. The van der Waals surface area contributed by atoms with Crippen LogP contribution in [-0.2, 0) is 10.0 Å². The largest absolute Gasteiger partial charge is 0.478 e. The first-order valence-corrected chi connectivity index (χ1v) is 8.67. The van der Waals surface area contributed by atoms with Gasteiger partial charge in [-0.15, -0.1) is 0 Å².